The van der Waals surface area contributed by atoms with Crippen molar-refractivity contribution >= 4 is 18.0 Å². The maximum absolute atomic E-state index is 12.8. The zero-order chi connectivity index (χ0) is 23.5. The van der Waals surface area contributed by atoms with Gasteiger partial charge in [0.2, 0.25) is 5.91 Å². The molecule has 3 aromatic rings. The van der Waals surface area contributed by atoms with E-state index in [1.807, 2.05) is 48.5 Å². The van der Waals surface area contributed by atoms with Crippen molar-refractivity contribution in [1.29, 1.82) is 0 Å². The molecule has 0 unspecified atom stereocenters. The van der Waals surface area contributed by atoms with Crippen LogP contribution in [0.5, 0.6) is 0 Å². The predicted molar refractivity (Wildman–Crippen MR) is 121 cm³/mol. The monoisotopic (exact) mass is 445 g/mol. The van der Waals surface area contributed by atoms with E-state index in [0.29, 0.717) is 5.56 Å². The third-order valence-corrected chi connectivity index (χ3v) is 5.96. The van der Waals surface area contributed by atoms with Crippen molar-refractivity contribution in [2.45, 2.75) is 18.4 Å². The first-order chi connectivity index (χ1) is 15.9. The molecule has 8 heteroatoms. The second kappa shape index (κ2) is 9.12. The summed E-state index contributed by atoms with van der Waals surface area (Å²) >= 11 is 0. The average Bonchev–Trinajstić information content (AvgIpc) is 3.14. The van der Waals surface area contributed by atoms with Crippen LogP contribution in [0.1, 0.15) is 33.0 Å². The molecule has 0 saturated heterocycles. The van der Waals surface area contributed by atoms with Gasteiger partial charge in [-0.25, -0.2) is 9.59 Å². The van der Waals surface area contributed by atoms with Gasteiger partial charge in [0, 0.05) is 37.3 Å². The third-order valence-electron chi connectivity index (χ3n) is 5.96. The number of aromatic nitrogens is 1. The quantitative estimate of drug-likeness (QED) is 0.576. The second-order valence-electron chi connectivity index (χ2n) is 7.87. The Morgan fingerprint density at radius 2 is 1.67 bits per heavy atom. The number of rotatable bonds is 7. The van der Waals surface area contributed by atoms with Gasteiger partial charge in [-0.1, -0.05) is 48.5 Å². The molecule has 8 nitrogen and oxygen atoms in total. The van der Waals surface area contributed by atoms with Crippen LogP contribution in [0.4, 0.5) is 4.79 Å². The van der Waals surface area contributed by atoms with E-state index in [1.54, 1.807) is 0 Å². The number of benzene rings is 2. The maximum atomic E-state index is 12.8. The minimum absolute atomic E-state index is 0.0724. The van der Waals surface area contributed by atoms with Gasteiger partial charge in [-0.15, -0.1) is 0 Å². The van der Waals surface area contributed by atoms with Crippen LogP contribution < -0.4 is 5.73 Å². The molecule has 1 heterocycles. The van der Waals surface area contributed by atoms with Crippen LogP contribution in [0.25, 0.3) is 11.1 Å². The summed E-state index contributed by atoms with van der Waals surface area (Å²) in [6, 6.07) is 16.1. The van der Waals surface area contributed by atoms with Crippen LogP contribution in [0.3, 0.4) is 0 Å². The lowest BCUT2D eigenvalue weighted by Crippen LogP contribution is -2.44. The number of amides is 2. The SMILES string of the molecule is CN(C(=O)OCC1c2ccccc2-c2ccccc21)[C@@H](Cc1cnccc1C(N)=O)C(=O)O. The fraction of sp³-hybridized carbons (Fsp3) is 0.200. The van der Waals surface area contributed by atoms with E-state index in [0.717, 1.165) is 27.2 Å². The number of fused-ring (bicyclic) bond motifs is 3. The number of hydrogen-bond donors (Lipinski definition) is 2. The summed E-state index contributed by atoms with van der Waals surface area (Å²) in [6.07, 6.45) is 1.87. The fourth-order valence-electron chi connectivity index (χ4n) is 4.25. The molecule has 0 radical (unpaired) electrons. The number of carbonyl (C=O) groups is 3. The van der Waals surface area contributed by atoms with Gasteiger partial charge in [0.25, 0.3) is 0 Å². The highest BCUT2D eigenvalue weighted by Gasteiger charge is 2.32. The molecular weight excluding hydrogens is 422 g/mol. The van der Waals surface area contributed by atoms with Gasteiger partial charge < -0.3 is 15.6 Å². The highest BCUT2D eigenvalue weighted by Crippen LogP contribution is 2.44. The molecule has 1 aliphatic rings. The minimum Gasteiger partial charge on any atom is -0.480 e. The lowest BCUT2D eigenvalue weighted by atomic mass is 9.98. The molecule has 1 aromatic heterocycles. The van der Waals surface area contributed by atoms with Gasteiger partial charge in [-0.05, 0) is 33.9 Å². The lowest BCUT2D eigenvalue weighted by Gasteiger charge is -2.25. The average molecular weight is 445 g/mol. The number of aliphatic carboxylic acids is 1. The summed E-state index contributed by atoms with van der Waals surface area (Å²) in [5.74, 6) is -2.07. The number of carboxylic acids is 1. The van der Waals surface area contributed by atoms with E-state index in [9.17, 15) is 19.5 Å². The first-order valence-corrected chi connectivity index (χ1v) is 10.4. The van der Waals surface area contributed by atoms with Crippen LogP contribution in [-0.4, -0.2) is 52.7 Å². The summed E-state index contributed by atoms with van der Waals surface area (Å²) in [7, 11) is 1.36. The number of ether oxygens (including phenoxy) is 1. The van der Waals surface area contributed by atoms with Crippen molar-refractivity contribution in [3.05, 3.63) is 89.2 Å². The molecule has 1 aliphatic carbocycles. The number of pyridine rings is 1. The van der Waals surface area contributed by atoms with E-state index in [4.69, 9.17) is 10.5 Å². The number of carbonyl (C=O) groups excluding carboxylic acids is 2. The molecule has 0 fully saturated rings. The van der Waals surface area contributed by atoms with Crippen molar-refractivity contribution in [1.82, 2.24) is 9.88 Å². The Hall–Kier alpha value is -4.20. The molecule has 4 rings (SSSR count). The lowest BCUT2D eigenvalue weighted by molar-refractivity contribution is -0.142. The maximum Gasteiger partial charge on any atom is 0.410 e. The molecule has 1 atom stereocenters. The Labute approximate surface area is 190 Å². The number of carboxylic acid groups (broad SMARTS) is 1. The zero-order valence-electron chi connectivity index (χ0n) is 18.0. The van der Waals surface area contributed by atoms with Gasteiger partial charge in [-0.2, -0.15) is 0 Å². The van der Waals surface area contributed by atoms with Crippen molar-refractivity contribution in [2.75, 3.05) is 13.7 Å². The first-order valence-electron chi connectivity index (χ1n) is 10.4. The molecule has 0 bridgehead atoms. The van der Waals surface area contributed by atoms with Gasteiger partial charge in [-0.3, -0.25) is 14.7 Å². The van der Waals surface area contributed by atoms with Crippen LogP contribution in [-0.2, 0) is 16.0 Å². The number of hydrogen-bond acceptors (Lipinski definition) is 5. The van der Waals surface area contributed by atoms with E-state index in [1.165, 1.54) is 25.5 Å². The van der Waals surface area contributed by atoms with Gasteiger partial charge in [0.15, 0.2) is 0 Å². The topological polar surface area (TPSA) is 123 Å². The molecule has 33 heavy (non-hydrogen) atoms. The molecule has 168 valence electrons. The van der Waals surface area contributed by atoms with Crippen molar-refractivity contribution in [3.63, 3.8) is 0 Å². The summed E-state index contributed by atoms with van der Waals surface area (Å²) in [5.41, 5.74) is 10.2. The van der Waals surface area contributed by atoms with Crippen LogP contribution >= 0.6 is 0 Å². The minimum atomic E-state index is -1.26. The highest BCUT2D eigenvalue weighted by molar-refractivity contribution is 5.94. The fourth-order valence-corrected chi connectivity index (χ4v) is 4.25. The van der Waals surface area contributed by atoms with Crippen molar-refractivity contribution in [2.24, 2.45) is 5.73 Å². The molecular formula is C25H23N3O5. The normalized spacial score (nSPS) is 13.0. The molecule has 3 N–H and O–H groups in total. The largest absolute Gasteiger partial charge is 0.480 e. The number of primary amides is 1. The van der Waals surface area contributed by atoms with E-state index in [2.05, 4.69) is 4.98 Å². The second-order valence-corrected chi connectivity index (χ2v) is 7.87. The smallest absolute Gasteiger partial charge is 0.410 e. The van der Waals surface area contributed by atoms with Crippen LogP contribution in [0, 0.1) is 0 Å². The van der Waals surface area contributed by atoms with E-state index >= 15 is 0 Å². The summed E-state index contributed by atoms with van der Waals surface area (Å²) in [4.78, 5) is 41.4. The molecule has 2 aromatic carbocycles. The van der Waals surface area contributed by atoms with Crippen LogP contribution in [0.15, 0.2) is 67.0 Å². The zero-order valence-corrected chi connectivity index (χ0v) is 18.0. The number of nitrogens with zero attached hydrogens (tertiary/aromatic N) is 2. The Morgan fingerprint density at radius 3 is 2.24 bits per heavy atom. The number of nitrogens with two attached hydrogens (primary N) is 1. The Morgan fingerprint density at radius 1 is 1.06 bits per heavy atom. The van der Waals surface area contributed by atoms with E-state index < -0.39 is 24.0 Å². The van der Waals surface area contributed by atoms with Gasteiger partial charge in [0.05, 0.1) is 0 Å². The molecule has 0 saturated carbocycles. The summed E-state index contributed by atoms with van der Waals surface area (Å²) in [5, 5.41) is 9.74. The van der Waals surface area contributed by atoms with Gasteiger partial charge in [0.1, 0.15) is 12.6 Å². The predicted octanol–water partition coefficient (Wildman–Crippen LogP) is 3.06. The molecule has 2 amide bonds. The Balaban J connectivity index is 1.50. The van der Waals surface area contributed by atoms with Crippen molar-refractivity contribution < 1.29 is 24.2 Å². The van der Waals surface area contributed by atoms with E-state index in [-0.39, 0.29) is 24.5 Å². The van der Waals surface area contributed by atoms with Gasteiger partial charge >= 0.3 is 12.1 Å². The Kier molecular flexibility index (Phi) is 6.08. The standard InChI is InChI=1S/C25H23N3O5/c1-28(22(24(30)31)12-15-13-27-11-10-16(15)23(26)29)25(32)33-14-21-19-8-4-2-6-17(19)18-7-3-5-9-20(18)21/h2-11,13,21-22H,12,14H2,1H3,(H2,26,29)(H,30,31)/t22-/m0/s1. The van der Waals surface area contributed by atoms with Crippen LogP contribution in [0.2, 0.25) is 0 Å². The molecule has 0 aliphatic heterocycles. The third kappa shape index (κ3) is 4.27. The summed E-state index contributed by atoms with van der Waals surface area (Å²) in [6.45, 7) is 0.0724. The molecule has 0 spiro atoms. The first kappa shape index (κ1) is 22.0. The summed E-state index contributed by atoms with van der Waals surface area (Å²) < 4.78 is 5.56. The Bertz CT molecular complexity index is 1180. The highest BCUT2D eigenvalue weighted by atomic mass is 16.6. The van der Waals surface area contributed by atoms with Crippen molar-refractivity contribution in [3.8, 4) is 11.1 Å². The number of likely N-dealkylation sites (N-methyl/N-ethyl adjacent to an activating group) is 1.